The van der Waals surface area contributed by atoms with Gasteiger partial charge in [-0.3, -0.25) is 4.79 Å². The van der Waals surface area contributed by atoms with Gasteiger partial charge in [0, 0.05) is 5.56 Å². The highest BCUT2D eigenvalue weighted by Gasteiger charge is 2.16. The number of halogens is 1. The van der Waals surface area contributed by atoms with Gasteiger partial charge in [-0.15, -0.1) is 0 Å². The molecule has 0 amide bonds. The van der Waals surface area contributed by atoms with Crippen molar-refractivity contribution in [1.82, 2.24) is 4.98 Å². The first-order valence-electron chi connectivity index (χ1n) is 4.84. The molecule has 0 saturated heterocycles. The van der Waals surface area contributed by atoms with E-state index in [9.17, 15) is 9.18 Å². The predicted molar refractivity (Wildman–Crippen MR) is 58.4 cm³/mol. The fourth-order valence-electron chi connectivity index (χ4n) is 1.45. The standard InChI is InChI=1S/C12H14FNO/c1-5-6-9-10(7(2)3)11(13)8(4)12(15)14-9/h7H,1-4H3,(H,14,15). The van der Waals surface area contributed by atoms with E-state index in [0.717, 1.165) is 0 Å². The topological polar surface area (TPSA) is 32.9 Å². The molecule has 0 aliphatic heterocycles. The van der Waals surface area contributed by atoms with Crippen LogP contribution in [0.25, 0.3) is 0 Å². The molecule has 15 heavy (non-hydrogen) atoms. The summed E-state index contributed by atoms with van der Waals surface area (Å²) in [5.41, 5.74) is 0.594. The van der Waals surface area contributed by atoms with Crippen LogP contribution >= 0.6 is 0 Å². The summed E-state index contributed by atoms with van der Waals surface area (Å²) in [6, 6.07) is 0. The molecule has 0 fully saturated rings. The van der Waals surface area contributed by atoms with E-state index in [1.165, 1.54) is 6.92 Å². The second-order valence-corrected chi connectivity index (χ2v) is 3.71. The normalized spacial score (nSPS) is 10.0. The van der Waals surface area contributed by atoms with E-state index in [1.54, 1.807) is 6.92 Å². The minimum atomic E-state index is -0.438. The maximum absolute atomic E-state index is 13.8. The first-order chi connectivity index (χ1) is 6.99. The zero-order chi connectivity index (χ0) is 11.6. The monoisotopic (exact) mass is 207 g/mol. The number of pyridine rings is 1. The van der Waals surface area contributed by atoms with Gasteiger partial charge in [-0.2, -0.15) is 0 Å². The minimum absolute atomic E-state index is 0.00333. The Balaban J connectivity index is 3.63. The van der Waals surface area contributed by atoms with Crippen LogP contribution in [0.3, 0.4) is 0 Å². The summed E-state index contributed by atoms with van der Waals surface area (Å²) in [5, 5.41) is 0. The fraction of sp³-hybridized carbons (Fsp3) is 0.417. The van der Waals surface area contributed by atoms with Crippen LogP contribution in [0.5, 0.6) is 0 Å². The Hall–Kier alpha value is -1.56. The van der Waals surface area contributed by atoms with Crippen LogP contribution in [0.2, 0.25) is 0 Å². The van der Waals surface area contributed by atoms with Gasteiger partial charge in [0.2, 0.25) is 0 Å². The molecule has 0 aliphatic rings. The molecule has 1 aromatic rings. The molecule has 0 aromatic carbocycles. The molecule has 3 heteroatoms. The van der Waals surface area contributed by atoms with E-state index in [1.807, 2.05) is 13.8 Å². The van der Waals surface area contributed by atoms with Crippen molar-refractivity contribution in [2.45, 2.75) is 33.6 Å². The molecule has 1 heterocycles. The molecule has 1 aromatic heterocycles. The third kappa shape index (κ3) is 2.10. The predicted octanol–water partition coefficient (Wildman–Crippen LogP) is 2.32. The molecule has 0 unspecified atom stereocenters. The fourth-order valence-corrected chi connectivity index (χ4v) is 1.45. The van der Waals surface area contributed by atoms with Gasteiger partial charge in [-0.1, -0.05) is 19.8 Å². The van der Waals surface area contributed by atoms with Gasteiger partial charge in [0.1, 0.15) is 5.82 Å². The van der Waals surface area contributed by atoms with E-state index < -0.39 is 11.4 Å². The molecule has 1 rings (SSSR count). The van der Waals surface area contributed by atoms with E-state index in [0.29, 0.717) is 11.3 Å². The number of H-pyrrole nitrogens is 1. The number of aromatic nitrogens is 1. The highest BCUT2D eigenvalue weighted by atomic mass is 19.1. The Morgan fingerprint density at radius 3 is 2.47 bits per heavy atom. The van der Waals surface area contributed by atoms with Gasteiger partial charge < -0.3 is 4.98 Å². The van der Waals surface area contributed by atoms with Crippen LogP contribution in [0, 0.1) is 24.6 Å². The third-order valence-electron chi connectivity index (χ3n) is 2.24. The van der Waals surface area contributed by atoms with Crippen LogP contribution < -0.4 is 5.56 Å². The highest BCUT2D eigenvalue weighted by Crippen LogP contribution is 2.21. The zero-order valence-corrected chi connectivity index (χ0v) is 9.36. The maximum Gasteiger partial charge on any atom is 0.254 e. The van der Waals surface area contributed by atoms with Gasteiger partial charge in [-0.25, -0.2) is 4.39 Å². The average Bonchev–Trinajstić information content (AvgIpc) is 2.14. The van der Waals surface area contributed by atoms with Crippen molar-refractivity contribution in [2.75, 3.05) is 0 Å². The lowest BCUT2D eigenvalue weighted by Gasteiger charge is -2.11. The van der Waals surface area contributed by atoms with Gasteiger partial charge in [0.05, 0.1) is 11.3 Å². The summed E-state index contributed by atoms with van der Waals surface area (Å²) in [7, 11) is 0. The molecule has 1 N–H and O–H groups in total. The van der Waals surface area contributed by atoms with Gasteiger partial charge >= 0.3 is 0 Å². The molecule has 2 nitrogen and oxygen atoms in total. The minimum Gasteiger partial charge on any atom is -0.315 e. The summed E-state index contributed by atoms with van der Waals surface area (Å²) in [5.74, 6) is 4.95. The van der Waals surface area contributed by atoms with Crippen molar-refractivity contribution in [1.29, 1.82) is 0 Å². The molecule has 0 radical (unpaired) electrons. The summed E-state index contributed by atoms with van der Waals surface area (Å²) in [4.78, 5) is 13.9. The summed E-state index contributed by atoms with van der Waals surface area (Å²) in [6.45, 7) is 6.87. The summed E-state index contributed by atoms with van der Waals surface area (Å²) < 4.78 is 13.8. The van der Waals surface area contributed by atoms with Crippen LogP contribution in [-0.2, 0) is 0 Å². The molecule has 0 spiro atoms. The number of hydrogen-bond donors (Lipinski definition) is 1. The lowest BCUT2D eigenvalue weighted by atomic mass is 9.99. The highest BCUT2D eigenvalue weighted by molar-refractivity contribution is 5.40. The van der Waals surface area contributed by atoms with Crippen LogP contribution in [0.1, 0.15) is 43.5 Å². The molecular weight excluding hydrogens is 193 g/mol. The summed E-state index contributed by atoms with van der Waals surface area (Å²) in [6.07, 6.45) is 0. The largest absolute Gasteiger partial charge is 0.315 e. The number of rotatable bonds is 1. The van der Waals surface area contributed by atoms with Crippen molar-refractivity contribution in [3.63, 3.8) is 0 Å². The zero-order valence-electron chi connectivity index (χ0n) is 9.36. The van der Waals surface area contributed by atoms with E-state index >= 15 is 0 Å². The number of hydrogen-bond acceptors (Lipinski definition) is 1. The third-order valence-corrected chi connectivity index (χ3v) is 2.24. The van der Waals surface area contributed by atoms with Crippen molar-refractivity contribution in [3.8, 4) is 11.8 Å². The van der Waals surface area contributed by atoms with Crippen molar-refractivity contribution >= 4 is 0 Å². The van der Waals surface area contributed by atoms with Crippen LogP contribution in [-0.4, -0.2) is 4.98 Å². The lowest BCUT2D eigenvalue weighted by molar-refractivity contribution is 0.582. The Labute approximate surface area is 88.5 Å². The van der Waals surface area contributed by atoms with E-state index in [-0.39, 0.29) is 11.5 Å². The van der Waals surface area contributed by atoms with Gasteiger partial charge in [0.25, 0.3) is 5.56 Å². The van der Waals surface area contributed by atoms with Gasteiger partial charge in [-0.05, 0) is 25.7 Å². The molecular formula is C12H14FNO. The number of aromatic amines is 1. The molecule has 0 saturated carbocycles. The average molecular weight is 207 g/mol. The molecule has 0 aliphatic carbocycles. The first-order valence-corrected chi connectivity index (χ1v) is 4.84. The Kier molecular flexibility index (Phi) is 3.31. The van der Waals surface area contributed by atoms with Crippen LogP contribution in [0.4, 0.5) is 4.39 Å². The van der Waals surface area contributed by atoms with Crippen LogP contribution in [0.15, 0.2) is 4.79 Å². The van der Waals surface area contributed by atoms with Crippen molar-refractivity contribution in [2.24, 2.45) is 0 Å². The first kappa shape index (κ1) is 11.5. The molecule has 0 atom stereocenters. The van der Waals surface area contributed by atoms with E-state index in [2.05, 4.69) is 16.8 Å². The number of nitrogens with one attached hydrogen (secondary N) is 1. The van der Waals surface area contributed by atoms with E-state index in [4.69, 9.17) is 0 Å². The Bertz CT molecular complexity index is 489. The van der Waals surface area contributed by atoms with Gasteiger partial charge in [0.15, 0.2) is 0 Å². The SMILES string of the molecule is CC#Cc1[nH]c(=O)c(C)c(F)c1C(C)C. The maximum atomic E-state index is 13.8. The van der Waals surface area contributed by atoms with Crippen molar-refractivity contribution < 1.29 is 4.39 Å². The second kappa shape index (κ2) is 4.31. The molecule has 80 valence electrons. The lowest BCUT2D eigenvalue weighted by Crippen LogP contribution is -2.17. The Morgan fingerprint density at radius 1 is 1.40 bits per heavy atom. The quantitative estimate of drug-likeness (QED) is 0.704. The summed E-state index contributed by atoms with van der Waals surface area (Å²) >= 11 is 0. The molecule has 0 bridgehead atoms. The smallest absolute Gasteiger partial charge is 0.254 e. The van der Waals surface area contributed by atoms with Crippen molar-refractivity contribution in [3.05, 3.63) is 33.0 Å². The second-order valence-electron chi connectivity index (χ2n) is 3.71. The Morgan fingerprint density at radius 2 is 2.00 bits per heavy atom.